The molecule has 206 valence electrons. The lowest BCUT2D eigenvalue weighted by molar-refractivity contribution is -0.107. The summed E-state index contributed by atoms with van der Waals surface area (Å²) < 4.78 is 40.9. The molecule has 0 amide bonds. The van der Waals surface area contributed by atoms with Crippen LogP contribution in [0, 0.1) is 5.92 Å². The van der Waals surface area contributed by atoms with Crippen molar-refractivity contribution in [2.45, 2.75) is 32.0 Å². The van der Waals surface area contributed by atoms with Gasteiger partial charge >= 0.3 is 5.97 Å². The van der Waals surface area contributed by atoms with E-state index in [-0.39, 0.29) is 12.7 Å². The Morgan fingerprint density at radius 2 is 1.62 bits per heavy atom. The van der Waals surface area contributed by atoms with Crippen molar-refractivity contribution < 1.29 is 43.1 Å². The van der Waals surface area contributed by atoms with Crippen LogP contribution >= 0.6 is 0 Å². The standard InChI is InChI=1S/C30H32O9/c1-16-12-18-13-21-25(38-15-37-21)26(35-5)22(18)23-19(14-20(33-3)24(34-4)27(23)36-6)28(30(16,2)32)39-29(31)17-10-8-7-9-11-17/h7-11,13-14,16,28,32H,12,15H2,1-6H3/t16-,28-,30+/m1/s1. The molecule has 5 rings (SSSR count). The number of esters is 1. The van der Waals surface area contributed by atoms with Gasteiger partial charge in [0.15, 0.2) is 29.1 Å². The normalized spacial score (nSPS) is 21.1. The number of hydrogen-bond acceptors (Lipinski definition) is 9. The molecule has 3 aromatic carbocycles. The van der Waals surface area contributed by atoms with E-state index in [0.717, 1.165) is 5.56 Å². The van der Waals surface area contributed by atoms with E-state index in [9.17, 15) is 9.90 Å². The molecule has 0 aromatic heterocycles. The van der Waals surface area contributed by atoms with Crippen LogP contribution in [0.15, 0.2) is 42.5 Å². The zero-order valence-corrected chi connectivity index (χ0v) is 22.8. The topological polar surface area (TPSA) is 102 Å². The molecule has 1 aliphatic heterocycles. The quantitative estimate of drug-likeness (QED) is 0.438. The molecule has 2 aliphatic rings. The highest BCUT2D eigenvalue weighted by Crippen LogP contribution is 2.59. The van der Waals surface area contributed by atoms with Crippen LogP contribution < -0.4 is 28.4 Å². The summed E-state index contributed by atoms with van der Waals surface area (Å²) in [7, 11) is 6.08. The summed E-state index contributed by atoms with van der Waals surface area (Å²) >= 11 is 0. The second-order valence-electron chi connectivity index (χ2n) is 9.77. The van der Waals surface area contributed by atoms with Crippen LogP contribution in [0.3, 0.4) is 0 Å². The highest BCUT2D eigenvalue weighted by atomic mass is 16.7. The number of hydrogen-bond donors (Lipinski definition) is 1. The first kappa shape index (κ1) is 26.5. The summed E-state index contributed by atoms with van der Waals surface area (Å²) in [6.45, 7) is 3.63. The Labute approximate surface area is 227 Å². The molecule has 1 N–H and O–H groups in total. The lowest BCUT2D eigenvalue weighted by atomic mass is 9.73. The van der Waals surface area contributed by atoms with Gasteiger partial charge in [0.25, 0.3) is 0 Å². The lowest BCUT2D eigenvalue weighted by Crippen LogP contribution is -2.43. The van der Waals surface area contributed by atoms with Crippen LogP contribution in [0.1, 0.15) is 41.4 Å². The van der Waals surface area contributed by atoms with Gasteiger partial charge in [0.2, 0.25) is 18.3 Å². The van der Waals surface area contributed by atoms with Crippen LogP contribution in [0.2, 0.25) is 0 Å². The summed E-state index contributed by atoms with van der Waals surface area (Å²) in [5, 5.41) is 12.1. The summed E-state index contributed by atoms with van der Waals surface area (Å²) in [5.41, 5.74) is 1.34. The molecule has 0 radical (unpaired) electrons. The van der Waals surface area contributed by atoms with E-state index in [1.54, 1.807) is 44.4 Å². The summed E-state index contributed by atoms with van der Waals surface area (Å²) in [6.07, 6.45) is -0.710. The zero-order valence-electron chi connectivity index (χ0n) is 22.8. The molecule has 3 aromatic rings. The average molecular weight is 537 g/mol. The SMILES string of the molecule is COc1cc2c(c(OC)c1OC)-c1c(cc3c(c1OC)OCO3)C[C@@H](C)[C@](C)(O)[C@@H]2OC(=O)c1ccccc1. The van der Waals surface area contributed by atoms with Gasteiger partial charge < -0.3 is 38.3 Å². The van der Waals surface area contributed by atoms with Crippen molar-refractivity contribution in [2.75, 3.05) is 35.2 Å². The van der Waals surface area contributed by atoms with Crippen molar-refractivity contribution in [1.29, 1.82) is 0 Å². The predicted octanol–water partition coefficient (Wildman–Crippen LogP) is 4.96. The molecule has 0 unspecified atom stereocenters. The Morgan fingerprint density at radius 3 is 2.26 bits per heavy atom. The summed E-state index contributed by atoms with van der Waals surface area (Å²) in [6, 6.07) is 12.3. The molecule has 1 heterocycles. The van der Waals surface area contributed by atoms with Gasteiger partial charge in [-0.2, -0.15) is 0 Å². The Balaban J connectivity index is 1.87. The molecule has 0 saturated heterocycles. The van der Waals surface area contributed by atoms with Gasteiger partial charge in [0, 0.05) is 16.7 Å². The van der Waals surface area contributed by atoms with Crippen molar-refractivity contribution in [3.8, 4) is 45.6 Å². The molecule has 1 aliphatic carbocycles. The Bertz CT molecular complexity index is 1400. The minimum atomic E-state index is -1.51. The molecule has 39 heavy (non-hydrogen) atoms. The number of benzene rings is 3. The maximum atomic E-state index is 13.4. The van der Waals surface area contributed by atoms with E-state index >= 15 is 0 Å². The van der Waals surface area contributed by atoms with E-state index < -0.39 is 17.7 Å². The third-order valence-electron chi connectivity index (χ3n) is 7.59. The van der Waals surface area contributed by atoms with Crippen LogP contribution in [0.25, 0.3) is 11.1 Å². The van der Waals surface area contributed by atoms with Crippen molar-refractivity contribution in [3.05, 3.63) is 59.2 Å². The van der Waals surface area contributed by atoms with Crippen LogP contribution in [0.5, 0.6) is 34.5 Å². The molecule has 0 fully saturated rings. The fourth-order valence-corrected chi connectivity index (χ4v) is 5.37. The van der Waals surface area contributed by atoms with Gasteiger partial charge in [-0.1, -0.05) is 25.1 Å². The minimum absolute atomic E-state index is 0.0507. The van der Waals surface area contributed by atoms with Crippen molar-refractivity contribution in [1.82, 2.24) is 0 Å². The molecular weight excluding hydrogens is 504 g/mol. The zero-order chi connectivity index (χ0) is 27.9. The smallest absolute Gasteiger partial charge is 0.338 e. The first-order valence-electron chi connectivity index (χ1n) is 12.6. The van der Waals surface area contributed by atoms with Gasteiger partial charge in [-0.05, 0) is 49.1 Å². The number of ether oxygens (including phenoxy) is 7. The highest BCUT2D eigenvalue weighted by Gasteiger charge is 2.47. The largest absolute Gasteiger partial charge is 0.493 e. The monoisotopic (exact) mass is 536 g/mol. The number of rotatable bonds is 6. The number of carbonyl (C=O) groups excluding carboxylic acids is 1. The second kappa shape index (κ2) is 10.2. The van der Waals surface area contributed by atoms with Crippen LogP contribution in [0.4, 0.5) is 0 Å². The molecule has 0 bridgehead atoms. The van der Waals surface area contributed by atoms with Gasteiger partial charge in [-0.15, -0.1) is 0 Å². The highest BCUT2D eigenvalue weighted by molar-refractivity contribution is 5.91. The third kappa shape index (κ3) is 4.27. The summed E-state index contributed by atoms with van der Waals surface area (Å²) in [5.74, 6) is 1.51. The van der Waals surface area contributed by atoms with Crippen LogP contribution in [-0.2, 0) is 11.2 Å². The van der Waals surface area contributed by atoms with Crippen molar-refractivity contribution >= 4 is 5.97 Å². The molecular formula is C30H32O9. The number of aliphatic hydroxyl groups is 1. The molecule has 0 spiro atoms. The predicted molar refractivity (Wildman–Crippen MR) is 142 cm³/mol. The van der Waals surface area contributed by atoms with E-state index in [1.165, 1.54) is 21.3 Å². The fourth-order valence-electron chi connectivity index (χ4n) is 5.37. The maximum absolute atomic E-state index is 13.4. The fraction of sp³-hybridized carbons (Fsp3) is 0.367. The van der Waals surface area contributed by atoms with E-state index in [1.807, 2.05) is 19.1 Å². The van der Waals surface area contributed by atoms with Gasteiger partial charge in [-0.3, -0.25) is 0 Å². The first-order valence-corrected chi connectivity index (χ1v) is 12.6. The van der Waals surface area contributed by atoms with Gasteiger partial charge in [-0.25, -0.2) is 4.79 Å². The van der Waals surface area contributed by atoms with Crippen molar-refractivity contribution in [3.63, 3.8) is 0 Å². The summed E-state index contributed by atoms with van der Waals surface area (Å²) in [4.78, 5) is 13.4. The van der Waals surface area contributed by atoms with Gasteiger partial charge in [0.1, 0.15) is 5.60 Å². The van der Waals surface area contributed by atoms with E-state index in [0.29, 0.717) is 63.2 Å². The molecule has 9 heteroatoms. The Kier molecular flexibility index (Phi) is 6.94. The minimum Gasteiger partial charge on any atom is -0.493 e. The lowest BCUT2D eigenvalue weighted by Gasteiger charge is -2.41. The maximum Gasteiger partial charge on any atom is 0.338 e. The average Bonchev–Trinajstić information content (AvgIpc) is 3.42. The van der Waals surface area contributed by atoms with E-state index in [4.69, 9.17) is 33.2 Å². The molecule has 9 nitrogen and oxygen atoms in total. The first-order chi connectivity index (χ1) is 18.8. The van der Waals surface area contributed by atoms with Crippen LogP contribution in [-0.4, -0.2) is 51.9 Å². The Morgan fingerprint density at radius 1 is 0.923 bits per heavy atom. The van der Waals surface area contributed by atoms with Crippen molar-refractivity contribution in [2.24, 2.45) is 5.92 Å². The number of methoxy groups -OCH3 is 4. The second-order valence-corrected chi connectivity index (χ2v) is 9.77. The van der Waals surface area contributed by atoms with Gasteiger partial charge in [0.05, 0.1) is 34.0 Å². The third-order valence-corrected chi connectivity index (χ3v) is 7.59. The van der Waals surface area contributed by atoms with E-state index in [2.05, 4.69) is 0 Å². The number of carbonyl (C=O) groups is 1. The number of fused-ring (bicyclic) bond motifs is 4. The molecule has 0 saturated carbocycles. The molecule has 3 atom stereocenters. The Hall–Kier alpha value is -4.11.